The van der Waals surface area contributed by atoms with Gasteiger partial charge in [-0.15, -0.1) is 0 Å². The van der Waals surface area contributed by atoms with Crippen molar-refractivity contribution in [2.45, 2.75) is 182 Å². The quantitative estimate of drug-likeness (QED) is 0.0249. The number of halogens is 7. The summed E-state index contributed by atoms with van der Waals surface area (Å²) in [5.74, 6) is -9.63. The minimum atomic E-state index is -1.50. The molecular weight excluding hydrogens is 2000 g/mol. The van der Waals surface area contributed by atoms with E-state index in [0.717, 1.165) is 76.4 Å². The van der Waals surface area contributed by atoms with Crippen molar-refractivity contribution in [2.24, 2.45) is 21.1 Å². The average Bonchev–Trinajstić information content (AvgIpc) is 1.73. The number of rotatable bonds is 24. The van der Waals surface area contributed by atoms with E-state index in [4.69, 9.17) is 61.4 Å². The molecule has 3 amide bonds. The van der Waals surface area contributed by atoms with Crippen molar-refractivity contribution < 1.29 is 151 Å². The zero-order chi connectivity index (χ0) is 105. The van der Waals surface area contributed by atoms with Gasteiger partial charge in [-0.1, -0.05) is 43.8 Å². The van der Waals surface area contributed by atoms with Crippen molar-refractivity contribution in [1.82, 2.24) is 29.7 Å². The molecule has 148 heavy (non-hydrogen) atoms. The van der Waals surface area contributed by atoms with Crippen molar-refractivity contribution in [3.8, 4) is 56.8 Å². The van der Waals surface area contributed by atoms with E-state index >= 15 is 26.3 Å². The molecule has 6 atom stereocenters. The summed E-state index contributed by atoms with van der Waals surface area (Å²) in [4.78, 5) is 121. The van der Waals surface area contributed by atoms with Gasteiger partial charge in [-0.25, -0.2) is 40.7 Å². The monoisotopic (exact) mass is 2130 g/mol. The van der Waals surface area contributed by atoms with Gasteiger partial charge in [-0.3, -0.25) is 28.8 Å². The van der Waals surface area contributed by atoms with Crippen molar-refractivity contribution in [3.63, 3.8) is 0 Å². The Balaban J connectivity index is 0.000000230. The van der Waals surface area contributed by atoms with Crippen LogP contribution in [-0.4, -0.2) is 235 Å². The number of nitrogens with one attached hydrogen (secondary N) is 3. The van der Waals surface area contributed by atoms with Crippen molar-refractivity contribution in [1.29, 1.82) is 0 Å². The number of amides is 3. The second-order valence-corrected chi connectivity index (χ2v) is 38.0. The van der Waals surface area contributed by atoms with Gasteiger partial charge in [0.05, 0.1) is 117 Å². The number of carboxylic acids is 1. The number of benzene rings is 6. The molecule has 4 fully saturated rings. The molecule has 7 aliphatic rings. The Morgan fingerprint density at radius 1 is 0.459 bits per heavy atom. The van der Waals surface area contributed by atoms with Crippen LogP contribution in [0.4, 0.5) is 43.4 Å². The number of aromatic nitrogens is 3. The SMILES string of the molecule is C.COC(=O)[C@H](Cc1ccc(-c2c(OC)cc(C)n(C)c2=O)c2c1CCCO2)NC(=O)c1c(F)cc(N2CCOC[C@@H]2C)cc1F.COC(=O)[C@H](Cc1ccc(B2OC(C)(C)C(C)(C)O2)c2c1CCCO2)NC(=O)c1c(F)cc(N2CCOC[C@@H]2C)cc1F.COc1cc(C)n(C)c(=O)c1-c1ccc(C[C@H](NC(=O)c2c(F)cc(N3CCOC[C@@H]3C)cc2F)C(=O)O)c2c1OCCC2.COc1cc(C)n(C)c(=O)c1Br.O.[Li+].[OH-]. The zero-order valence-corrected chi connectivity index (χ0v) is 87.3. The van der Waals surface area contributed by atoms with Crippen LogP contribution in [0.3, 0.4) is 0 Å². The molecular formula is C105H128BBrF6LiN9O25. The maximum absolute atomic E-state index is 15.3. The van der Waals surface area contributed by atoms with Crippen LogP contribution in [0.5, 0.6) is 34.5 Å². The topological polar surface area (TPSA) is 416 Å². The molecule has 43 heteroatoms. The molecule has 16 rings (SSSR count). The number of carbonyl (C=O) groups excluding carboxylic acids is 5. The van der Waals surface area contributed by atoms with Gasteiger partial charge in [-0.2, -0.15) is 0 Å². The molecule has 4 saturated heterocycles. The summed E-state index contributed by atoms with van der Waals surface area (Å²) in [6.07, 6.45) is 3.70. The third-order valence-corrected chi connectivity index (χ3v) is 28.2. The summed E-state index contributed by atoms with van der Waals surface area (Å²) in [5, 5.41) is 17.3. The van der Waals surface area contributed by atoms with Crippen LogP contribution < -0.4 is 100 Å². The molecule has 0 bridgehead atoms. The third kappa shape index (κ3) is 25.8. The fourth-order valence-corrected chi connectivity index (χ4v) is 19.0. The molecule has 3 aromatic heterocycles. The Bertz CT molecular complexity index is 6510. The fraction of sp³-hybridized carbons (Fsp3) is 0.457. The maximum Gasteiger partial charge on any atom is 1.00 e. The zero-order valence-electron chi connectivity index (χ0n) is 85.8. The Morgan fingerprint density at radius 3 is 1.07 bits per heavy atom. The number of fused-ring (bicyclic) bond motifs is 3. The van der Waals surface area contributed by atoms with E-state index in [0.29, 0.717) is 206 Å². The number of ether oxygens (including phenoxy) is 11. The van der Waals surface area contributed by atoms with Gasteiger partial charge in [0.1, 0.15) is 109 Å². The first kappa shape index (κ1) is 119. The van der Waals surface area contributed by atoms with Crippen molar-refractivity contribution in [2.75, 3.05) is 129 Å². The largest absolute Gasteiger partial charge is 1.00 e. The number of pyridine rings is 3. The summed E-state index contributed by atoms with van der Waals surface area (Å²) in [7, 11) is 11.3. The predicted octanol–water partition coefficient (Wildman–Crippen LogP) is 8.77. The number of carboxylic acid groups (broad SMARTS) is 1. The first-order chi connectivity index (χ1) is 68.5. The average molecular weight is 2130 g/mol. The second-order valence-electron chi connectivity index (χ2n) is 37.2. The minimum Gasteiger partial charge on any atom is -0.870 e. The molecule has 7 N–H and O–H groups in total. The van der Waals surface area contributed by atoms with E-state index < -0.39 is 124 Å². The van der Waals surface area contributed by atoms with Crippen LogP contribution in [0, 0.1) is 55.7 Å². The Labute approximate surface area is 875 Å². The Kier molecular flexibility index (Phi) is 41.2. The number of hydrogen-bond donors (Lipinski definition) is 4. The van der Waals surface area contributed by atoms with E-state index in [1.54, 1.807) is 88.0 Å². The van der Waals surface area contributed by atoms with Crippen molar-refractivity contribution >= 4 is 81.2 Å². The number of nitrogens with zero attached hydrogens (tertiary/aromatic N) is 6. The van der Waals surface area contributed by atoms with Crippen LogP contribution in [0.25, 0.3) is 22.3 Å². The number of carbonyl (C=O) groups is 6. The summed E-state index contributed by atoms with van der Waals surface area (Å²) in [5.41, 5.74) is 5.83. The van der Waals surface area contributed by atoms with E-state index in [1.807, 2.05) is 83.4 Å². The number of methoxy groups -OCH3 is 5. The summed E-state index contributed by atoms with van der Waals surface area (Å²) >= 11 is 3.17. The molecule has 0 radical (unpaired) electrons. The van der Waals surface area contributed by atoms with E-state index in [1.165, 1.54) is 37.6 Å². The number of hydrogen-bond acceptors (Lipinski definition) is 26. The van der Waals surface area contributed by atoms with Gasteiger partial charge in [0.2, 0.25) is 0 Å². The third-order valence-electron chi connectivity index (χ3n) is 27.4. The first-order valence-electron chi connectivity index (χ1n) is 47.4. The molecule has 0 unspecified atom stereocenters. The van der Waals surface area contributed by atoms with Crippen LogP contribution in [0.2, 0.25) is 0 Å². The van der Waals surface area contributed by atoms with Gasteiger partial charge in [0, 0.05) is 147 Å². The van der Waals surface area contributed by atoms with Gasteiger partial charge < -0.3 is 122 Å². The normalized spacial score (nSPS) is 17.2. The molecule has 9 aromatic rings. The van der Waals surface area contributed by atoms with E-state index in [2.05, 4.69) is 31.9 Å². The minimum absolute atomic E-state index is 0. The molecule has 0 saturated carbocycles. The molecule has 0 spiro atoms. The van der Waals surface area contributed by atoms with E-state index in [9.17, 15) is 48.3 Å². The smallest absolute Gasteiger partial charge is 0.870 e. The Hall–Kier alpha value is -12.4. The van der Waals surface area contributed by atoms with Crippen LogP contribution in [0.15, 0.2) is 110 Å². The molecule has 34 nitrogen and oxygen atoms in total. The van der Waals surface area contributed by atoms with Gasteiger partial charge in [0.15, 0.2) is 0 Å². The molecule has 0 aliphatic carbocycles. The number of aliphatic carboxylic acids is 1. The molecule has 6 aromatic carbocycles. The van der Waals surface area contributed by atoms with Gasteiger partial charge >= 0.3 is 43.9 Å². The summed E-state index contributed by atoms with van der Waals surface area (Å²) < 4.78 is 169. The Morgan fingerprint density at radius 2 is 0.757 bits per heavy atom. The van der Waals surface area contributed by atoms with Gasteiger partial charge in [0.25, 0.3) is 34.4 Å². The predicted molar refractivity (Wildman–Crippen MR) is 542 cm³/mol. The number of aryl methyl sites for hydroxylation is 3. The standard InChI is InChI=1S/C33H37F2N3O7.C32H35F2N3O7.C31H39BF2N2O7.C8H10BrNO2.CH4.Li.2H2O/c1-18-13-27(42-4)28(32(40)37(18)3)23-9-8-20(22-7-6-11-45-30(22)23)14-26(33(41)43-5)36-31(39)29-24(34)15-21(16-25(29)35)38-10-12-44-17-19(38)2;1-17-12-26(42-4)27(31(39)36(17)3)22-8-7-19(21-6-5-10-44-29(21)22)13-25(32(40)41)35-30(38)28-23(33)14-20(15-24(28)34)37-9-11-43-16-18(37)2;1-18-17-40-13-11-36(18)20-15-23(33)26(24(34)16-20)28(37)35-25(29(38)39-6)14-19-9-10-22(27-21(19)8-7-12-41-27)32-42-30(2,3)31(4,5)43-32;1-5-4-6(12-3)7(9)8(11)10(5)2;;;;/h8-9,13,15-16,19,26H,6-7,10-12,14,17H2,1-5H3,(H,36,39);7-8,12,14-15,18,25H,5-6,9-11,13,16H2,1-4H3,(H,35,38)(H,40,41);9-10,15-16,18,25H,7-8,11-14,17H2,1-6H3,(H,35,37);4H,1-3H3;1H4;;2*1H2/q;;;;;+1;;/p-1/t19-,26-;2*18-,25-;;;;;/m000...../s1. The summed E-state index contributed by atoms with van der Waals surface area (Å²) in [6.45, 7) is 24.2. The fourth-order valence-electron chi connectivity index (χ4n) is 18.4. The second kappa shape index (κ2) is 51.2. The van der Waals surface area contributed by atoms with Crippen LogP contribution in [0.1, 0.15) is 157 Å². The maximum atomic E-state index is 15.3. The molecule has 10 heterocycles. The van der Waals surface area contributed by atoms with Crippen LogP contribution in [-0.2, 0) is 107 Å². The van der Waals surface area contributed by atoms with Crippen LogP contribution >= 0.6 is 15.9 Å². The number of esters is 2. The molecule has 7 aliphatic heterocycles. The number of morpholine rings is 3. The summed E-state index contributed by atoms with van der Waals surface area (Å²) in [6, 6.07) is 18.2. The van der Waals surface area contributed by atoms with Gasteiger partial charge in [-0.05, 0) is 193 Å². The first-order valence-corrected chi connectivity index (χ1v) is 48.2. The molecule has 796 valence electrons. The number of anilines is 3. The van der Waals surface area contributed by atoms with Crippen molar-refractivity contribution in [3.05, 3.63) is 229 Å². The van der Waals surface area contributed by atoms with E-state index in [-0.39, 0.29) is 97.0 Å².